The summed E-state index contributed by atoms with van der Waals surface area (Å²) in [4.78, 5) is 16.7. The second-order valence-electron chi connectivity index (χ2n) is 5.28. The second kappa shape index (κ2) is 7.14. The van der Waals surface area contributed by atoms with E-state index in [2.05, 4.69) is 27.1 Å². The van der Waals surface area contributed by atoms with Gasteiger partial charge in [-0.05, 0) is 42.5 Å². The Labute approximate surface area is 148 Å². The highest BCUT2D eigenvalue weighted by Gasteiger charge is 2.14. The third kappa shape index (κ3) is 3.51. The first kappa shape index (κ1) is 16.7. The number of fused-ring (bicyclic) bond motifs is 1. The van der Waals surface area contributed by atoms with Crippen LogP contribution in [0.15, 0.2) is 54.7 Å². The van der Waals surface area contributed by atoms with Gasteiger partial charge in [0.25, 0.3) is 5.91 Å². The molecule has 3 aromatic rings. The van der Waals surface area contributed by atoms with Gasteiger partial charge in [-0.1, -0.05) is 18.7 Å². The molecule has 0 aliphatic carbocycles. The zero-order valence-corrected chi connectivity index (χ0v) is 14.4. The van der Waals surface area contributed by atoms with Crippen LogP contribution in [0.3, 0.4) is 0 Å². The van der Waals surface area contributed by atoms with Crippen LogP contribution >= 0.6 is 11.3 Å². The lowest BCUT2D eigenvalue weighted by Gasteiger charge is -2.09. The van der Waals surface area contributed by atoms with Gasteiger partial charge < -0.3 is 11.1 Å². The SMILES string of the molecule is C=C/C=C(\C=C/N)c1cc(NC(=O)c2csc(C)n2)c2cn[nH]c2c1. The highest BCUT2D eigenvalue weighted by atomic mass is 32.1. The molecule has 6 nitrogen and oxygen atoms in total. The molecule has 4 N–H and O–H groups in total. The van der Waals surface area contributed by atoms with Crippen LogP contribution in [0.25, 0.3) is 16.5 Å². The first-order chi connectivity index (χ1) is 12.1. The summed E-state index contributed by atoms with van der Waals surface area (Å²) < 4.78 is 0. The lowest BCUT2D eigenvalue weighted by Crippen LogP contribution is -2.12. The minimum atomic E-state index is -0.257. The number of nitrogens with zero attached hydrogens (tertiary/aromatic N) is 2. The topological polar surface area (TPSA) is 96.7 Å². The molecule has 0 saturated heterocycles. The molecule has 0 unspecified atom stereocenters. The van der Waals surface area contributed by atoms with Crippen molar-refractivity contribution in [3.63, 3.8) is 0 Å². The normalized spacial score (nSPS) is 12.0. The molecule has 3 rings (SSSR count). The largest absolute Gasteiger partial charge is 0.405 e. The number of amides is 1. The zero-order valence-electron chi connectivity index (χ0n) is 13.6. The Morgan fingerprint density at radius 1 is 1.44 bits per heavy atom. The lowest BCUT2D eigenvalue weighted by atomic mass is 10.0. The number of rotatable bonds is 5. The summed E-state index contributed by atoms with van der Waals surface area (Å²) in [5, 5.41) is 13.3. The van der Waals surface area contributed by atoms with E-state index in [0.717, 1.165) is 27.0 Å². The number of H-pyrrole nitrogens is 1. The van der Waals surface area contributed by atoms with Gasteiger partial charge in [0.2, 0.25) is 0 Å². The van der Waals surface area contributed by atoms with Crippen molar-refractivity contribution in [2.75, 3.05) is 5.32 Å². The van der Waals surface area contributed by atoms with Crippen molar-refractivity contribution in [1.82, 2.24) is 15.2 Å². The Bertz CT molecular complexity index is 996. The van der Waals surface area contributed by atoms with Gasteiger partial charge in [0, 0.05) is 10.8 Å². The minimum Gasteiger partial charge on any atom is -0.405 e. The van der Waals surface area contributed by atoms with Crippen LogP contribution in [0.2, 0.25) is 0 Å². The van der Waals surface area contributed by atoms with Crippen molar-refractivity contribution >= 4 is 39.4 Å². The number of allylic oxidation sites excluding steroid dienone is 4. The van der Waals surface area contributed by atoms with Crippen LogP contribution < -0.4 is 11.1 Å². The molecule has 1 aromatic carbocycles. The molecular formula is C18H17N5OS. The number of carbonyl (C=O) groups is 1. The summed E-state index contributed by atoms with van der Waals surface area (Å²) in [7, 11) is 0. The second-order valence-corrected chi connectivity index (χ2v) is 6.34. The Hall–Kier alpha value is -3.19. The molecule has 0 atom stereocenters. The number of anilines is 1. The van der Waals surface area contributed by atoms with Crippen LogP contribution in [0, 0.1) is 6.92 Å². The Morgan fingerprint density at radius 3 is 2.96 bits per heavy atom. The number of benzene rings is 1. The average molecular weight is 351 g/mol. The van der Waals surface area contributed by atoms with E-state index >= 15 is 0 Å². The molecule has 0 bridgehead atoms. The third-order valence-corrected chi connectivity index (χ3v) is 4.34. The predicted molar refractivity (Wildman–Crippen MR) is 102 cm³/mol. The predicted octanol–water partition coefficient (Wildman–Crippen LogP) is 3.62. The summed E-state index contributed by atoms with van der Waals surface area (Å²) in [6, 6.07) is 3.82. The van der Waals surface area contributed by atoms with E-state index in [-0.39, 0.29) is 5.91 Å². The number of hydrogen-bond donors (Lipinski definition) is 3. The van der Waals surface area contributed by atoms with Crippen molar-refractivity contribution in [3.8, 4) is 0 Å². The average Bonchev–Trinajstić information content (AvgIpc) is 3.23. The molecule has 25 heavy (non-hydrogen) atoms. The summed E-state index contributed by atoms with van der Waals surface area (Å²) in [6.45, 7) is 5.59. The fraction of sp³-hybridized carbons (Fsp3) is 0.0556. The quantitative estimate of drug-likeness (QED) is 0.612. The Morgan fingerprint density at radius 2 is 2.28 bits per heavy atom. The van der Waals surface area contributed by atoms with E-state index in [4.69, 9.17) is 5.73 Å². The molecule has 2 aromatic heterocycles. The Kier molecular flexibility index (Phi) is 4.76. The van der Waals surface area contributed by atoms with Crippen molar-refractivity contribution < 1.29 is 4.79 Å². The molecule has 7 heteroatoms. The molecule has 0 radical (unpaired) electrons. The number of nitrogens with one attached hydrogen (secondary N) is 2. The maximum Gasteiger partial charge on any atom is 0.275 e. The number of hydrogen-bond acceptors (Lipinski definition) is 5. The minimum absolute atomic E-state index is 0.257. The smallest absolute Gasteiger partial charge is 0.275 e. The van der Waals surface area contributed by atoms with Crippen molar-refractivity contribution in [2.24, 2.45) is 5.73 Å². The van der Waals surface area contributed by atoms with Gasteiger partial charge in [-0.15, -0.1) is 11.3 Å². The highest BCUT2D eigenvalue weighted by Crippen LogP contribution is 2.28. The number of aromatic amines is 1. The first-order valence-corrected chi connectivity index (χ1v) is 8.42. The number of thiazole rings is 1. The van der Waals surface area contributed by atoms with E-state index in [1.807, 2.05) is 25.1 Å². The van der Waals surface area contributed by atoms with Gasteiger partial charge in [-0.3, -0.25) is 9.89 Å². The zero-order chi connectivity index (χ0) is 17.8. The number of carbonyl (C=O) groups excluding carboxylic acids is 1. The van der Waals surface area contributed by atoms with Crippen LogP contribution in [0.4, 0.5) is 5.69 Å². The van der Waals surface area contributed by atoms with Gasteiger partial charge in [0.15, 0.2) is 0 Å². The molecule has 0 aliphatic rings. The van der Waals surface area contributed by atoms with E-state index in [1.54, 1.807) is 23.7 Å². The monoisotopic (exact) mass is 351 g/mol. The summed E-state index contributed by atoms with van der Waals surface area (Å²) in [5.41, 5.74) is 9.14. The van der Waals surface area contributed by atoms with E-state index in [0.29, 0.717) is 11.4 Å². The molecule has 0 saturated carbocycles. The van der Waals surface area contributed by atoms with E-state index < -0.39 is 0 Å². The van der Waals surface area contributed by atoms with Gasteiger partial charge in [-0.2, -0.15) is 5.10 Å². The number of aryl methyl sites for hydroxylation is 1. The molecule has 0 spiro atoms. The summed E-state index contributed by atoms with van der Waals surface area (Å²) in [6.07, 6.45) is 8.44. The fourth-order valence-electron chi connectivity index (χ4n) is 2.45. The maximum absolute atomic E-state index is 12.5. The summed E-state index contributed by atoms with van der Waals surface area (Å²) >= 11 is 1.44. The maximum atomic E-state index is 12.5. The van der Waals surface area contributed by atoms with Crippen molar-refractivity contribution in [2.45, 2.75) is 6.92 Å². The standard InChI is InChI=1S/C18H17N5OS/c1-3-4-12(5-6-19)13-7-15(14-9-20-23-16(14)8-13)22-18(24)17-10-25-11(2)21-17/h3-10H,1,19H2,2H3,(H,20,23)(H,22,24)/b6-5-,12-4+. The lowest BCUT2D eigenvalue weighted by molar-refractivity contribution is 0.102. The molecule has 0 aliphatic heterocycles. The number of aromatic nitrogens is 3. The van der Waals surface area contributed by atoms with Gasteiger partial charge in [0.05, 0.1) is 22.4 Å². The molecular weight excluding hydrogens is 334 g/mol. The molecule has 2 heterocycles. The number of nitrogens with two attached hydrogens (primary N) is 1. The summed E-state index contributed by atoms with van der Waals surface area (Å²) in [5.74, 6) is -0.257. The van der Waals surface area contributed by atoms with Crippen LogP contribution in [0.1, 0.15) is 21.1 Å². The Balaban J connectivity index is 2.04. The highest BCUT2D eigenvalue weighted by molar-refractivity contribution is 7.09. The fourth-order valence-corrected chi connectivity index (χ4v) is 3.05. The molecule has 126 valence electrons. The van der Waals surface area contributed by atoms with Crippen LogP contribution in [-0.2, 0) is 0 Å². The van der Waals surface area contributed by atoms with Crippen LogP contribution in [0.5, 0.6) is 0 Å². The van der Waals surface area contributed by atoms with Gasteiger partial charge in [0.1, 0.15) is 5.69 Å². The van der Waals surface area contributed by atoms with Gasteiger partial charge in [-0.25, -0.2) is 4.98 Å². The van der Waals surface area contributed by atoms with Gasteiger partial charge >= 0.3 is 0 Å². The van der Waals surface area contributed by atoms with Crippen molar-refractivity contribution in [1.29, 1.82) is 0 Å². The van der Waals surface area contributed by atoms with Crippen LogP contribution in [-0.4, -0.2) is 21.1 Å². The first-order valence-electron chi connectivity index (χ1n) is 7.54. The van der Waals surface area contributed by atoms with E-state index in [1.165, 1.54) is 17.5 Å². The molecule has 1 amide bonds. The third-order valence-electron chi connectivity index (χ3n) is 3.57. The van der Waals surface area contributed by atoms with Crippen molar-refractivity contribution in [3.05, 3.63) is 71.0 Å². The van der Waals surface area contributed by atoms with E-state index in [9.17, 15) is 4.79 Å². The molecule has 0 fully saturated rings.